The molecule has 0 unspecified atom stereocenters. The van der Waals surface area contributed by atoms with Gasteiger partial charge in [0.1, 0.15) is 17.0 Å². The van der Waals surface area contributed by atoms with Gasteiger partial charge in [-0.2, -0.15) is 0 Å². The van der Waals surface area contributed by atoms with Crippen molar-refractivity contribution < 1.29 is 5.11 Å². The Morgan fingerprint density at radius 1 is 1.24 bits per heavy atom. The highest BCUT2D eigenvalue weighted by molar-refractivity contribution is 7.19. The normalized spacial score (nSPS) is 13.6. The predicted octanol–water partition coefficient (Wildman–Crippen LogP) is 3.42. The highest BCUT2D eigenvalue weighted by Crippen LogP contribution is 2.39. The Hall–Kier alpha value is -1.98. The lowest BCUT2D eigenvalue weighted by molar-refractivity contribution is 0.282. The van der Waals surface area contributed by atoms with Crippen LogP contribution in [0.3, 0.4) is 0 Å². The van der Waals surface area contributed by atoms with E-state index < -0.39 is 0 Å². The third-order valence-corrected chi connectivity index (χ3v) is 5.07. The van der Waals surface area contributed by atoms with E-state index in [4.69, 9.17) is 0 Å². The van der Waals surface area contributed by atoms with E-state index >= 15 is 0 Å². The van der Waals surface area contributed by atoms with E-state index in [1.807, 2.05) is 24.3 Å². The molecule has 21 heavy (non-hydrogen) atoms. The highest BCUT2D eigenvalue weighted by Gasteiger charge is 2.21. The molecule has 1 aliphatic rings. The standard InChI is InChI=1S/C16H15N3OS/c20-8-10-3-1-4-11(7-10)19-15-14-12-5-2-6-13(12)21-16(14)18-9-17-15/h1,3-4,7,9,20H,2,5-6,8H2,(H,17,18,19). The molecular formula is C16H15N3OS. The summed E-state index contributed by atoms with van der Waals surface area (Å²) in [6.45, 7) is 0.0442. The van der Waals surface area contributed by atoms with Crippen LogP contribution in [0.25, 0.3) is 10.2 Å². The Morgan fingerprint density at radius 2 is 2.19 bits per heavy atom. The van der Waals surface area contributed by atoms with Crippen molar-refractivity contribution in [2.24, 2.45) is 0 Å². The number of nitrogens with zero attached hydrogens (tertiary/aromatic N) is 2. The molecule has 2 aromatic heterocycles. The molecule has 106 valence electrons. The summed E-state index contributed by atoms with van der Waals surface area (Å²) < 4.78 is 0. The summed E-state index contributed by atoms with van der Waals surface area (Å²) >= 11 is 1.79. The van der Waals surface area contributed by atoms with Crippen molar-refractivity contribution in [3.8, 4) is 0 Å². The molecule has 2 heterocycles. The molecule has 4 nitrogen and oxygen atoms in total. The quantitative estimate of drug-likeness (QED) is 0.778. The molecule has 1 aliphatic carbocycles. The number of anilines is 2. The fourth-order valence-electron chi connectivity index (χ4n) is 2.91. The van der Waals surface area contributed by atoms with Crippen LogP contribution in [0.1, 0.15) is 22.4 Å². The largest absolute Gasteiger partial charge is 0.392 e. The molecule has 0 saturated heterocycles. The van der Waals surface area contributed by atoms with E-state index in [2.05, 4.69) is 15.3 Å². The Kier molecular flexibility index (Phi) is 3.09. The first-order valence-corrected chi connectivity index (χ1v) is 7.89. The predicted molar refractivity (Wildman–Crippen MR) is 85.1 cm³/mol. The fraction of sp³-hybridized carbons (Fsp3) is 0.250. The minimum absolute atomic E-state index is 0.0442. The van der Waals surface area contributed by atoms with E-state index in [0.717, 1.165) is 34.7 Å². The van der Waals surface area contributed by atoms with E-state index in [0.29, 0.717) is 0 Å². The second kappa shape index (κ2) is 5.09. The summed E-state index contributed by atoms with van der Waals surface area (Å²) in [4.78, 5) is 11.4. The van der Waals surface area contributed by atoms with Crippen molar-refractivity contribution in [2.45, 2.75) is 25.9 Å². The van der Waals surface area contributed by atoms with Crippen molar-refractivity contribution in [1.82, 2.24) is 9.97 Å². The minimum atomic E-state index is 0.0442. The number of hydrogen-bond acceptors (Lipinski definition) is 5. The van der Waals surface area contributed by atoms with Crippen LogP contribution < -0.4 is 5.32 Å². The van der Waals surface area contributed by atoms with Crippen LogP contribution >= 0.6 is 11.3 Å². The Balaban J connectivity index is 1.79. The average Bonchev–Trinajstić information content (AvgIpc) is 3.08. The second-order valence-electron chi connectivity index (χ2n) is 5.24. The maximum atomic E-state index is 9.24. The third kappa shape index (κ3) is 2.18. The SMILES string of the molecule is OCc1cccc(Nc2ncnc3sc4c(c23)CCC4)c1. The van der Waals surface area contributed by atoms with E-state index in [9.17, 15) is 5.11 Å². The molecule has 0 amide bonds. The molecule has 0 spiro atoms. The number of benzene rings is 1. The number of thiophene rings is 1. The van der Waals surface area contributed by atoms with Crippen LogP contribution in [0, 0.1) is 0 Å². The number of hydrogen-bond donors (Lipinski definition) is 2. The molecule has 0 bridgehead atoms. The van der Waals surface area contributed by atoms with Crippen LogP contribution in [-0.4, -0.2) is 15.1 Å². The first kappa shape index (κ1) is 12.7. The van der Waals surface area contributed by atoms with Gasteiger partial charge in [0.05, 0.1) is 12.0 Å². The van der Waals surface area contributed by atoms with Crippen molar-refractivity contribution in [3.63, 3.8) is 0 Å². The number of nitrogens with one attached hydrogen (secondary N) is 1. The minimum Gasteiger partial charge on any atom is -0.392 e. The topological polar surface area (TPSA) is 58.0 Å². The monoisotopic (exact) mass is 297 g/mol. The Morgan fingerprint density at radius 3 is 3.10 bits per heavy atom. The third-order valence-electron chi connectivity index (χ3n) is 3.87. The van der Waals surface area contributed by atoms with Gasteiger partial charge in [0.25, 0.3) is 0 Å². The number of aromatic nitrogens is 2. The van der Waals surface area contributed by atoms with Gasteiger partial charge in [0.15, 0.2) is 0 Å². The van der Waals surface area contributed by atoms with Crippen LogP contribution in [0.5, 0.6) is 0 Å². The Bertz CT molecular complexity index is 812. The first-order chi connectivity index (χ1) is 10.3. The van der Waals surface area contributed by atoms with Crippen molar-refractivity contribution in [3.05, 3.63) is 46.6 Å². The summed E-state index contributed by atoms with van der Waals surface area (Å²) in [6, 6.07) is 7.77. The maximum absolute atomic E-state index is 9.24. The molecule has 5 heteroatoms. The summed E-state index contributed by atoms with van der Waals surface area (Å²) in [6.07, 6.45) is 5.13. The molecule has 0 aliphatic heterocycles. The molecule has 0 atom stereocenters. The molecule has 2 N–H and O–H groups in total. The number of aliphatic hydroxyl groups is 1. The summed E-state index contributed by atoms with van der Waals surface area (Å²) in [7, 11) is 0. The Labute approximate surface area is 126 Å². The summed E-state index contributed by atoms with van der Waals surface area (Å²) in [5.41, 5.74) is 3.25. The van der Waals surface area contributed by atoms with Gasteiger partial charge in [-0.05, 0) is 42.5 Å². The second-order valence-corrected chi connectivity index (χ2v) is 6.33. The van der Waals surface area contributed by atoms with E-state index in [-0.39, 0.29) is 6.61 Å². The van der Waals surface area contributed by atoms with Gasteiger partial charge in [-0.3, -0.25) is 0 Å². The average molecular weight is 297 g/mol. The van der Waals surface area contributed by atoms with Gasteiger partial charge in [0, 0.05) is 10.6 Å². The van der Waals surface area contributed by atoms with Crippen LogP contribution in [0.2, 0.25) is 0 Å². The van der Waals surface area contributed by atoms with Gasteiger partial charge in [-0.1, -0.05) is 12.1 Å². The molecule has 0 saturated carbocycles. The smallest absolute Gasteiger partial charge is 0.142 e. The van der Waals surface area contributed by atoms with Crippen LogP contribution in [-0.2, 0) is 19.4 Å². The fourth-order valence-corrected chi connectivity index (χ4v) is 4.14. The number of aliphatic hydroxyl groups excluding tert-OH is 1. The van der Waals surface area contributed by atoms with Gasteiger partial charge in [0.2, 0.25) is 0 Å². The maximum Gasteiger partial charge on any atom is 0.142 e. The zero-order chi connectivity index (χ0) is 14.2. The van der Waals surface area contributed by atoms with Gasteiger partial charge in [-0.25, -0.2) is 9.97 Å². The summed E-state index contributed by atoms with van der Waals surface area (Å²) in [5.74, 6) is 0.870. The van der Waals surface area contributed by atoms with Crippen molar-refractivity contribution in [1.29, 1.82) is 0 Å². The number of fused-ring (bicyclic) bond motifs is 3. The van der Waals surface area contributed by atoms with Gasteiger partial charge in [-0.15, -0.1) is 11.3 Å². The zero-order valence-electron chi connectivity index (χ0n) is 11.5. The zero-order valence-corrected chi connectivity index (χ0v) is 12.3. The lowest BCUT2D eigenvalue weighted by Crippen LogP contribution is -1.97. The molecule has 0 fully saturated rings. The molecule has 0 radical (unpaired) electrons. The molecule has 4 rings (SSSR count). The van der Waals surface area contributed by atoms with Crippen LogP contribution in [0.4, 0.5) is 11.5 Å². The van der Waals surface area contributed by atoms with Gasteiger partial charge >= 0.3 is 0 Å². The van der Waals surface area contributed by atoms with E-state index in [1.54, 1.807) is 17.7 Å². The first-order valence-electron chi connectivity index (χ1n) is 7.07. The number of rotatable bonds is 3. The molecule has 1 aromatic carbocycles. The lowest BCUT2D eigenvalue weighted by Gasteiger charge is -2.08. The van der Waals surface area contributed by atoms with Crippen LogP contribution in [0.15, 0.2) is 30.6 Å². The van der Waals surface area contributed by atoms with Crippen molar-refractivity contribution in [2.75, 3.05) is 5.32 Å². The van der Waals surface area contributed by atoms with Crippen molar-refractivity contribution >= 4 is 33.1 Å². The van der Waals surface area contributed by atoms with E-state index in [1.165, 1.54) is 22.2 Å². The molecular weight excluding hydrogens is 282 g/mol. The number of aryl methyl sites for hydroxylation is 2. The summed E-state index contributed by atoms with van der Waals surface area (Å²) in [5, 5.41) is 13.8. The molecule has 3 aromatic rings. The highest BCUT2D eigenvalue weighted by atomic mass is 32.1. The van der Waals surface area contributed by atoms with Gasteiger partial charge < -0.3 is 10.4 Å². The lowest BCUT2D eigenvalue weighted by atomic mass is 10.1.